The van der Waals surface area contributed by atoms with Crippen molar-refractivity contribution in [1.29, 1.82) is 0 Å². The highest BCUT2D eigenvalue weighted by atomic mass is 35.5. The van der Waals surface area contributed by atoms with Gasteiger partial charge in [0.05, 0.1) is 0 Å². The molecule has 0 bridgehead atoms. The zero-order valence-electron chi connectivity index (χ0n) is 17.6. The minimum Gasteiger partial charge on any atom is -0.451 e. The maximum Gasteiger partial charge on any atom is 0.303 e. The van der Waals surface area contributed by atoms with Crippen LogP contribution >= 0.6 is 11.6 Å². The Morgan fingerprint density at radius 1 is 1.10 bits per heavy atom. The Hall–Kier alpha value is -1.42. The summed E-state index contributed by atoms with van der Waals surface area (Å²) < 4.78 is 5.82. The zero-order chi connectivity index (χ0) is 20.9. The Labute approximate surface area is 177 Å². The molecule has 5 aliphatic carbocycles. The topological polar surface area (TPSA) is 60.4 Å². The van der Waals surface area contributed by atoms with Crippen molar-refractivity contribution in [3.63, 3.8) is 0 Å². The number of ketones is 2. The van der Waals surface area contributed by atoms with Gasteiger partial charge in [0.1, 0.15) is 0 Å². The zero-order valence-corrected chi connectivity index (χ0v) is 18.3. The van der Waals surface area contributed by atoms with Crippen molar-refractivity contribution in [3.05, 3.63) is 22.8 Å². The molecule has 0 aromatic rings. The van der Waals surface area contributed by atoms with E-state index in [0.29, 0.717) is 23.3 Å². The standard InChI is InChI=1S/C24H29ClO4/c1-12(26)24(29-13(2)27)8-6-16-14-10-20(25)19-11-21(28)15-9-18(15)23(19,4)17(14)5-7-22(16,24)3/h10-11,14-18H,5-9H2,1-4H3/t14-,15+,16+,17-,18-,22-,23-,24-/m0/s1. The van der Waals surface area contributed by atoms with Crippen LogP contribution in [0.5, 0.6) is 0 Å². The summed E-state index contributed by atoms with van der Waals surface area (Å²) in [4.78, 5) is 37.1. The van der Waals surface area contributed by atoms with Crippen LogP contribution in [0.25, 0.3) is 0 Å². The smallest absolute Gasteiger partial charge is 0.303 e. The van der Waals surface area contributed by atoms with Crippen LogP contribution in [0.3, 0.4) is 0 Å². The number of allylic oxidation sites excluding steroid dienone is 4. The first-order chi connectivity index (χ1) is 13.6. The summed E-state index contributed by atoms with van der Waals surface area (Å²) in [6, 6.07) is 0. The van der Waals surface area contributed by atoms with E-state index >= 15 is 0 Å². The maximum absolute atomic E-state index is 12.8. The molecule has 0 N–H and O–H groups in total. The molecule has 0 saturated heterocycles. The van der Waals surface area contributed by atoms with Gasteiger partial charge in [-0.05, 0) is 74.3 Å². The molecular weight excluding hydrogens is 388 g/mol. The van der Waals surface area contributed by atoms with E-state index < -0.39 is 5.60 Å². The van der Waals surface area contributed by atoms with Gasteiger partial charge in [-0.15, -0.1) is 0 Å². The van der Waals surface area contributed by atoms with Gasteiger partial charge >= 0.3 is 5.97 Å². The lowest BCUT2D eigenvalue weighted by Gasteiger charge is -2.57. The first-order valence-corrected chi connectivity index (χ1v) is 11.3. The van der Waals surface area contributed by atoms with Gasteiger partial charge in [0.15, 0.2) is 17.2 Å². The molecule has 5 rings (SSSR count). The molecule has 0 heterocycles. The molecule has 0 aromatic heterocycles. The lowest BCUT2D eigenvalue weighted by molar-refractivity contribution is -0.185. The summed E-state index contributed by atoms with van der Waals surface area (Å²) in [6.45, 7) is 7.42. The number of esters is 1. The van der Waals surface area contributed by atoms with Crippen molar-refractivity contribution in [2.45, 2.75) is 65.4 Å². The van der Waals surface area contributed by atoms with E-state index in [9.17, 15) is 14.4 Å². The van der Waals surface area contributed by atoms with E-state index in [2.05, 4.69) is 19.9 Å². The van der Waals surface area contributed by atoms with Gasteiger partial charge < -0.3 is 4.74 Å². The summed E-state index contributed by atoms with van der Waals surface area (Å²) in [7, 11) is 0. The van der Waals surface area contributed by atoms with Gasteiger partial charge in [0, 0.05) is 28.7 Å². The van der Waals surface area contributed by atoms with E-state index in [4.69, 9.17) is 16.3 Å². The summed E-state index contributed by atoms with van der Waals surface area (Å²) in [6.07, 6.45) is 8.18. The normalized spacial score (nSPS) is 49.7. The van der Waals surface area contributed by atoms with Crippen LogP contribution in [0.15, 0.2) is 22.8 Å². The molecule has 3 saturated carbocycles. The third kappa shape index (κ3) is 2.24. The van der Waals surface area contributed by atoms with Crippen molar-refractivity contribution in [1.82, 2.24) is 0 Å². The third-order valence-electron chi connectivity index (χ3n) is 9.50. The first-order valence-electron chi connectivity index (χ1n) is 10.9. The fraction of sp³-hybridized carbons (Fsp3) is 0.708. The number of halogens is 1. The van der Waals surface area contributed by atoms with E-state index in [-0.39, 0.29) is 46.1 Å². The van der Waals surface area contributed by atoms with Gasteiger partial charge in [-0.25, -0.2) is 0 Å². The van der Waals surface area contributed by atoms with Crippen molar-refractivity contribution < 1.29 is 19.1 Å². The second-order valence-corrected chi connectivity index (χ2v) is 10.9. The van der Waals surface area contributed by atoms with Crippen LogP contribution in [0.2, 0.25) is 0 Å². The van der Waals surface area contributed by atoms with Crippen LogP contribution in [0.4, 0.5) is 0 Å². The molecule has 5 heteroatoms. The molecule has 0 amide bonds. The highest BCUT2D eigenvalue weighted by Crippen LogP contribution is 2.72. The predicted octanol–water partition coefficient (Wildman–Crippen LogP) is 4.61. The number of carbonyl (C=O) groups excluding carboxylic acids is 3. The second kappa shape index (κ2) is 5.84. The largest absolute Gasteiger partial charge is 0.451 e. The average molecular weight is 417 g/mol. The highest BCUT2D eigenvalue weighted by Gasteiger charge is 2.70. The Kier molecular flexibility index (Phi) is 3.93. The number of Topliss-reactive ketones (excluding diaryl/α,β-unsaturated/α-hetero) is 1. The number of carbonyl (C=O) groups is 3. The SMILES string of the molecule is CC(=O)O[C@]1(C(C)=O)CC[C@@H]2[C@@H]3C=C(Cl)C4=CC(=O)[C@@H]5C[C@@H]5[C@]4(C)[C@H]3CC[C@@]21C. The van der Waals surface area contributed by atoms with Gasteiger partial charge in [-0.1, -0.05) is 31.5 Å². The van der Waals surface area contributed by atoms with Gasteiger partial charge in [0.25, 0.3) is 0 Å². The molecule has 0 aliphatic heterocycles. The molecule has 0 aromatic carbocycles. The third-order valence-corrected chi connectivity index (χ3v) is 9.83. The summed E-state index contributed by atoms with van der Waals surface area (Å²) in [5.41, 5.74) is -0.455. The van der Waals surface area contributed by atoms with Crippen molar-refractivity contribution in [3.8, 4) is 0 Å². The fourth-order valence-corrected chi connectivity index (χ4v) is 8.43. The summed E-state index contributed by atoms with van der Waals surface area (Å²) in [5.74, 6) is 1.27. The summed E-state index contributed by atoms with van der Waals surface area (Å²) in [5, 5.41) is 0.713. The second-order valence-electron chi connectivity index (χ2n) is 10.5. The fourth-order valence-electron chi connectivity index (χ4n) is 8.03. The van der Waals surface area contributed by atoms with Crippen molar-refractivity contribution in [2.75, 3.05) is 0 Å². The molecule has 29 heavy (non-hydrogen) atoms. The van der Waals surface area contributed by atoms with Gasteiger partial charge in [0.2, 0.25) is 0 Å². The maximum atomic E-state index is 12.8. The Morgan fingerprint density at radius 2 is 1.79 bits per heavy atom. The minimum absolute atomic E-state index is 0.0423. The molecule has 3 fully saturated rings. The van der Waals surface area contributed by atoms with Crippen LogP contribution < -0.4 is 0 Å². The van der Waals surface area contributed by atoms with Gasteiger partial charge in [-0.3, -0.25) is 14.4 Å². The predicted molar refractivity (Wildman–Crippen MR) is 109 cm³/mol. The average Bonchev–Trinajstić information content (AvgIpc) is 3.39. The lowest BCUT2D eigenvalue weighted by Crippen LogP contribution is -2.58. The molecular formula is C24H29ClO4. The minimum atomic E-state index is -1.03. The summed E-state index contributed by atoms with van der Waals surface area (Å²) >= 11 is 6.79. The number of hydrogen-bond acceptors (Lipinski definition) is 4. The molecule has 156 valence electrons. The number of hydrogen-bond donors (Lipinski definition) is 0. The lowest BCUT2D eigenvalue weighted by atomic mass is 9.47. The first kappa shape index (κ1) is 19.5. The van der Waals surface area contributed by atoms with Crippen LogP contribution in [-0.2, 0) is 19.1 Å². The molecule has 0 radical (unpaired) electrons. The van der Waals surface area contributed by atoms with Crippen LogP contribution in [-0.4, -0.2) is 23.1 Å². The molecule has 8 atom stereocenters. The quantitative estimate of drug-likeness (QED) is 0.617. The van der Waals surface area contributed by atoms with Crippen molar-refractivity contribution >= 4 is 29.1 Å². The monoisotopic (exact) mass is 416 g/mol. The number of ether oxygens (including phenoxy) is 1. The van der Waals surface area contributed by atoms with Gasteiger partial charge in [-0.2, -0.15) is 0 Å². The van der Waals surface area contributed by atoms with Crippen LogP contribution in [0, 0.1) is 40.4 Å². The molecule has 5 aliphatic rings. The van der Waals surface area contributed by atoms with Crippen molar-refractivity contribution in [2.24, 2.45) is 40.4 Å². The number of fused-ring (bicyclic) bond motifs is 7. The van der Waals surface area contributed by atoms with E-state index in [1.54, 1.807) is 6.92 Å². The Morgan fingerprint density at radius 3 is 2.45 bits per heavy atom. The molecule has 0 unspecified atom stereocenters. The molecule has 0 spiro atoms. The number of rotatable bonds is 2. The Balaban J connectivity index is 1.60. The molecule has 4 nitrogen and oxygen atoms in total. The van der Waals surface area contributed by atoms with E-state index in [1.807, 2.05) is 6.08 Å². The van der Waals surface area contributed by atoms with E-state index in [0.717, 1.165) is 31.3 Å². The highest BCUT2D eigenvalue weighted by molar-refractivity contribution is 6.32. The van der Waals surface area contributed by atoms with Crippen LogP contribution in [0.1, 0.15) is 59.8 Å². The van der Waals surface area contributed by atoms with E-state index in [1.165, 1.54) is 6.92 Å². The Bertz CT molecular complexity index is 903.